The van der Waals surface area contributed by atoms with Gasteiger partial charge in [0.2, 0.25) is 5.13 Å². The molecule has 0 spiro atoms. The third-order valence-corrected chi connectivity index (χ3v) is 5.74. The summed E-state index contributed by atoms with van der Waals surface area (Å²) >= 11 is 1.44. The van der Waals surface area contributed by atoms with Gasteiger partial charge in [-0.05, 0) is 43.7 Å². The van der Waals surface area contributed by atoms with E-state index in [4.69, 9.17) is 9.47 Å². The van der Waals surface area contributed by atoms with Gasteiger partial charge in [-0.25, -0.2) is 9.78 Å². The number of hydrogen-bond acceptors (Lipinski definition) is 9. The van der Waals surface area contributed by atoms with E-state index in [0.717, 1.165) is 17.3 Å². The highest BCUT2D eigenvalue weighted by Gasteiger charge is 2.16. The lowest BCUT2D eigenvalue weighted by molar-refractivity contribution is -0.384. The second-order valence-electron chi connectivity index (χ2n) is 7.61. The van der Waals surface area contributed by atoms with Gasteiger partial charge >= 0.3 is 5.97 Å². The van der Waals surface area contributed by atoms with E-state index in [-0.39, 0.29) is 17.0 Å². The van der Waals surface area contributed by atoms with Crippen LogP contribution >= 0.6 is 11.3 Å². The first-order valence-corrected chi connectivity index (χ1v) is 11.9. The number of non-ortho nitro benzene ring substituents is 1. The zero-order valence-corrected chi connectivity index (χ0v) is 20.3. The Morgan fingerprint density at radius 3 is 2.69 bits per heavy atom. The molecule has 0 aliphatic carbocycles. The van der Waals surface area contributed by atoms with E-state index in [0.29, 0.717) is 23.1 Å². The molecule has 0 atom stereocenters. The third kappa shape index (κ3) is 6.10. The second-order valence-corrected chi connectivity index (χ2v) is 8.47. The normalized spacial score (nSPS) is 10.8. The van der Waals surface area contributed by atoms with Gasteiger partial charge in [0, 0.05) is 23.1 Å². The average molecular weight is 503 g/mol. The van der Waals surface area contributed by atoms with Gasteiger partial charge in [-0.3, -0.25) is 15.5 Å². The van der Waals surface area contributed by atoms with Crippen molar-refractivity contribution in [3.05, 3.63) is 98.9 Å². The van der Waals surface area contributed by atoms with Crippen molar-refractivity contribution in [2.75, 3.05) is 12.0 Å². The van der Waals surface area contributed by atoms with E-state index in [9.17, 15) is 14.9 Å². The summed E-state index contributed by atoms with van der Waals surface area (Å²) in [7, 11) is 0. The molecule has 9 nitrogen and oxygen atoms in total. The molecule has 0 fully saturated rings. The van der Waals surface area contributed by atoms with Crippen molar-refractivity contribution < 1.29 is 19.2 Å². The molecule has 0 saturated carbocycles. The lowest BCUT2D eigenvalue weighted by atomic mass is 10.1. The van der Waals surface area contributed by atoms with Gasteiger partial charge in [-0.15, -0.1) is 11.3 Å². The van der Waals surface area contributed by atoms with Gasteiger partial charge in [-0.1, -0.05) is 35.9 Å². The zero-order valence-electron chi connectivity index (χ0n) is 19.5. The number of nitro benzene ring substituents is 1. The summed E-state index contributed by atoms with van der Waals surface area (Å²) in [6, 6.07) is 18.5. The molecule has 1 N–H and O–H groups in total. The van der Waals surface area contributed by atoms with Crippen LogP contribution in [-0.4, -0.2) is 28.7 Å². The van der Waals surface area contributed by atoms with Crippen molar-refractivity contribution in [2.45, 2.75) is 13.8 Å². The molecular weight excluding hydrogens is 480 g/mol. The van der Waals surface area contributed by atoms with Crippen LogP contribution in [-0.2, 0) is 0 Å². The Bertz CT molecular complexity index is 1420. The number of carbonyl (C=O) groups excluding carboxylic acids is 1. The topological polar surface area (TPSA) is 116 Å². The number of ether oxygens (including phenoxy) is 2. The predicted molar refractivity (Wildman–Crippen MR) is 139 cm³/mol. The average Bonchev–Trinajstić information content (AvgIpc) is 3.35. The minimum absolute atomic E-state index is 0.0648. The molecule has 4 rings (SSSR count). The van der Waals surface area contributed by atoms with Crippen LogP contribution in [0.3, 0.4) is 0 Å². The third-order valence-electron chi connectivity index (χ3n) is 4.99. The number of benzene rings is 3. The Labute approximate surface area is 211 Å². The van der Waals surface area contributed by atoms with Crippen molar-refractivity contribution in [1.29, 1.82) is 0 Å². The number of rotatable bonds is 9. The predicted octanol–water partition coefficient (Wildman–Crippen LogP) is 6.09. The summed E-state index contributed by atoms with van der Waals surface area (Å²) in [6.45, 7) is 4.20. The first kappa shape index (κ1) is 24.6. The largest absolute Gasteiger partial charge is 0.490 e. The Morgan fingerprint density at radius 1 is 1.14 bits per heavy atom. The first-order chi connectivity index (χ1) is 17.4. The maximum absolute atomic E-state index is 12.5. The van der Waals surface area contributed by atoms with Gasteiger partial charge in [0.15, 0.2) is 11.5 Å². The van der Waals surface area contributed by atoms with Crippen LogP contribution in [0.4, 0.5) is 10.8 Å². The maximum atomic E-state index is 12.5. The number of nitro groups is 1. The lowest BCUT2D eigenvalue weighted by Gasteiger charge is -2.11. The number of aryl methyl sites for hydroxylation is 1. The molecule has 0 radical (unpaired) electrons. The van der Waals surface area contributed by atoms with E-state index >= 15 is 0 Å². The van der Waals surface area contributed by atoms with Crippen LogP contribution in [0.1, 0.15) is 28.4 Å². The van der Waals surface area contributed by atoms with Crippen molar-refractivity contribution in [2.24, 2.45) is 5.10 Å². The van der Waals surface area contributed by atoms with Gasteiger partial charge in [0.1, 0.15) is 0 Å². The Balaban J connectivity index is 1.44. The van der Waals surface area contributed by atoms with Crippen molar-refractivity contribution >= 4 is 34.3 Å². The number of carbonyl (C=O) groups is 1. The van der Waals surface area contributed by atoms with Gasteiger partial charge < -0.3 is 9.47 Å². The molecule has 0 aliphatic heterocycles. The number of aromatic nitrogens is 1. The van der Waals surface area contributed by atoms with E-state index in [1.807, 2.05) is 43.5 Å². The molecule has 0 amide bonds. The summed E-state index contributed by atoms with van der Waals surface area (Å²) in [5, 5.41) is 17.8. The molecule has 0 bridgehead atoms. The van der Waals surface area contributed by atoms with Crippen LogP contribution in [0.15, 0.2) is 77.2 Å². The fourth-order valence-corrected chi connectivity index (χ4v) is 3.88. The van der Waals surface area contributed by atoms with Gasteiger partial charge in [-0.2, -0.15) is 5.10 Å². The molecule has 1 aromatic heterocycles. The number of esters is 1. The molecular formula is C26H22N4O5S. The highest BCUT2D eigenvalue weighted by atomic mass is 32.1. The van der Waals surface area contributed by atoms with Crippen LogP contribution in [0.25, 0.3) is 11.3 Å². The quantitative estimate of drug-likeness (QED) is 0.0968. The smallest absolute Gasteiger partial charge is 0.343 e. The van der Waals surface area contributed by atoms with E-state index < -0.39 is 10.9 Å². The summed E-state index contributed by atoms with van der Waals surface area (Å²) < 4.78 is 11.1. The standard InChI is InChI=1S/C26H22N4O5S/c1-3-34-24-13-18(9-12-23(24)35-25(31)20-5-4-6-21(14-20)30(32)33)15-27-29-26-28-22(16-36-26)19-10-7-17(2)8-11-19/h4-16H,3H2,1-2H3,(H,28,29)/b27-15-. The van der Waals surface area contributed by atoms with Gasteiger partial charge in [0.05, 0.1) is 29.0 Å². The first-order valence-electron chi connectivity index (χ1n) is 11.0. The molecule has 4 aromatic rings. The molecule has 3 aromatic carbocycles. The summed E-state index contributed by atoms with van der Waals surface area (Å²) in [5.74, 6) is -0.187. The number of nitrogens with zero attached hydrogens (tertiary/aromatic N) is 3. The molecule has 1 heterocycles. The molecule has 0 unspecified atom stereocenters. The SMILES string of the molecule is CCOc1cc(/C=N\Nc2nc(-c3ccc(C)cc3)cs2)ccc1OC(=O)c1cccc([N+](=O)[O-])c1. The highest BCUT2D eigenvalue weighted by Crippen LogP contribution is 2.29. The second kappa shape index (κ2) is 11.2. The lowest BCUT2D eigenvalue weighted by Crippen LogP contribution is -2.10. The Hall–Kier alpha value is -4.57. The van der Waals surface area contributed by atoms with Crippen LogP contribution < -0.4 is 14.9 Å². The summed E-state index contributed by atoms with van der Waals surface area (Å²) in [6.07, 6.45) is 1.60. The molecule has 182 valence electrons. The molecule has 0 aliphatic rings. The van der Waals surface area contributed by atoms with Crippen LogP contribution in [0.2, 0.25) is 0 Å². The monoisotopic (exact) mass is 502 g/mol. The van der Waals surface area contributed by atoms with Crippen LogP contribution in [0.5, 0.6) is 11.5 Å². The Morgan fingerprint density at radius 2 is 1.94 bits per heavy atom. The molecule has 36 heavy (non-hydrogen) atoms. The van der Waals surface area contributed by atoms with E-state index in [1.54, 1.807) is 24.4 Å². The fourth-order valence-electron chi connectivity index (χ4n) is 3.21. The minimum atomic E-state index is -0.726. The number of hydrogen-bond donors (Lipinski definition) is 1. The summed E-state index contributed by atoms with van der Waals surface area (Å²) in [5.41, 5.74) is 6.59. The van der Waals surface area contributed by atoms with Crippen molar-refractivity contribution in [3.8, 4) is 22.8 Å². The Kier molecular flexibility index (Phi) is 7.66. The zero-order chi connectivity index (χ0) is 25.5. The number of anilines is 1. The van der Waals surface area contributed by atoms with E-state index in [2.05, 4.69) is 15.5 Å². The minimum Gasteiger partial charge on any atom is -0.490 e. The number of nitrogens with one attached hydrogen (secondary N) is 1. The van der Waals surface area contributed by atoms with Gasteiger partial charge in [0.25, 0.3) is 5.69 Å². The number of hydrazone groups is 1. The molecule has 0 saturated heterocycles. The molecule has 10 heteroatoms. The van der Waals surface area contributed by atoms with Crippen molar-refractivity contribution in [1.82, 2.24) is 4.98 Å². The van der Waals surface area contributed by atoms with E-state index in [1.165, 1.54) is 35.1 Å². The highest BCUT2D eigenvalue weighted by molar-refractivity contribution is 7.14. The summed E-state index contributed by atoms with van der Waals surface area (Å²) in [4.78, 5) is 27.5. The maximum Gasteiger partial charge on any atom is 0.343 e. The number of thiazole rings is 1. The van der Waals surface area contributed by atoms with Crippen molar-refractivity contribution in [3.63, 3.8) is 0 Å². The van der Waals surface area contributed by atoms with Crippen LogP contribution in [0, 0.1) is 17.0 Å². The fraction of sp³-hybridized carbons (Fsp3) is 0.115.